The summed E-state index contributed by atoms with van der Waals surface area (Å²) in [4.78, 5) is 27.4. The van der Waals surface area contributed by atoms with Crippen LogP contribution in [0.5, 0.6) is 0 Å². The number of thiophene rings is 2. The van der Waals surface area contributed by atoms with Gasteiger partial charge in [0, 0.05) is 11.9 Å². The van der Waals surface area contributed by atoms with Crippen LogP contribution in [-0.2, 0) is 6.54 Å². The number of ketones is 1. The van der Waals surface area contributed by atoms with Crippen molar-refractivity contribution in [3.05, 3.63) is 42.7 Å². The Morgan fingerprint density at radius 3 is 2.37 bits per heavy atom. The summed E-state index contributed by atoms with van der Waals surface area (Å²) in [5.41, 5.74) is 0. The highest BCUT2D eigenvalue weighted by Crippen LogP contribution is 2.24. The third-order valence-electron chi connectivity index (χ3n) is 2.53. The maximum Gasteiger partial charge on any atom is 0.264 e. The second-order valence-corrected chi connectivity index (χ2v) is 7.72. The van der Waals surface area contributed by atoms with Gasteiger partial charge in [0.1, 0.15) is 0 Å². The van der Waals surface area contributed by atoms with E-state index in [-0.39, 0.29) is 11.7 Å². The molecule has 100 valence electrons. The van der Waals surface area contributed by atoms with Crippen molar-refractivity contribution in [1.29, 1.82) is 0 Å². The fourth-order valence-electron chi connectivity index (χ4n) is 1.57. The van der Waals surface area contributed by atoms with Crippen LogP contribution in [0.15, 0.2) is 28.1 Å². The molecular formula is C13H12BrNO2S2. The van der Waals surface area contributed by atoms with Crippen molar-refractivity contribution >= 4 is 50.3 Å². The largest absolute Gasteiger partial charge is 0.336 e. The molecule has 0 bridgehead atoms. The zero-order valence-electron chi connectivity index (χ0n) is 10.5. The van der Waals surface area contributed by atoms with E-state index in [1.54, 1.807) is 35.4 Å². The highest BCUT2D eigenvalue weighted by molar-refractivity contribution is 9.11. The fourth-order valence-corrected chi connectivity index (χ4v) is 4.01. The lowest BCUT2D eigenvalue weighted by Crippen LogP contribution is -2.24. The normalized spacial score (nSPS) is 10.5. The molecule has 0 aliphatic heterocycles. The van der Waals surface area contributed by atoms with E-state index in [0.29, 0.717) is 16.3 Å². The molecule has 6 heteroatoms. The Hall–Kier alpha value is -0.980. The summed E-state index contributed by atoms with van der Waals surface area (Å²) < 4.78 is 1.05. The molecule has 2 aromatic rings. The van der Waals surface area contributed by atoms with Crippen molar-refractivity contribution in [3.8, 4) is 0 Å². The van der Waals surface area contributed by atoms with Gasteiger partial charge >= 0.3 is 0 Å². The van der Waals surface area contributed by atoms with Crippen molar-refractivity contribution in [2.45, 2.75) is 13.5 Å². The third-order valence-corrected chi connectivity index (χ3v) is 5.31. The Balaban J connectivity index is 2.07. The number of carbonyl (C=O) groups is 2. The van der Waals surface area contributed by atoms with Gasteiger partial charge in [-0.3, -0.25) is 9.59 Å². The summed E-state index contributed by atoms with van der Waals surface area (Å²) in [5, 5.41) is 0. The molecular weight excluding hydrogens is 346 g/mol. The van der Waals surface area contributed by atoms with Crippen LogP contribution in [0.3, 0.4) is 0 Å². The molecule has 0 saturated heterocycles. The fraction of sp³-hybridized carbons (Fsp3) is 0.231. The summed E-state index contributed by atoms with van der Waals surface area (Å²) in [6.07, 6.45) is 0. The lowest BCUT2D eigenvalue weighted by atomic mass is 10.3. The Morgan fingerprint density at radius 2 is 1.84 bits per heavy atom. The van der Waals surface area contributed by atoms with Crippen LogP contribution >= 0.6 is 38.6 Å². The first-order valence-electron chi connectivity index (χ1n) is 5.58. The smallest absolute Gasteiger partial charge is 0.264 e. The van der Waals surface area contributed by atoms with Gasteiger partial charge in [0.05, 0.1) is 20.1 Å². The van der Waals surface area contributed by atoms with Crippen LogP contribution in [0.4, 0.5) is 0 Å². The molecule has 0 aliphatic rings. The number of hydrogen-bond acceptors (Lipinski definition) is 4. The second-order valence-electron chi connectivity index (χ2n) is 4.09. The van der Waals surface area contributed by atoms with Gasteiger partial charge in [0.15, 0.2) is 5.78 Å². The molecule has 0 N–H and O–H groups in total. The number of hydrogen-bond donors (Lipinski definition) is 0. The van der Waals surface area contributed by atoms with Crippen LogP contribution < -0.4 is 0 Å². The summed E-state index contributed by atoms with van der Waals surface area (Å²) in [7, 11) is 1.77. The summed E-state index contributed by atoms with van der Waals surface area (Å²) in [6.45, 7) is 2.08. The van der Waals surface area contributed by atoms with E-state index in [1.165, 1.54) is 18.3 Å². The molecule has 0 unspecified atom stereocenters. The SMILES string of the molecule is CC(=O)c1ccc(C(=O)N(C)Cc2ccc(Br)s2)s1. The minimum absolute atomic E-state index is 0.00566. The molecule has 2 rings (SSSR count). The van der Waals surface area contributed by atoms with E-state index in [4.69, 9.17) is 0 Å². The van der Waals surface area contributed by atoms with Crippen molar-refractivity contribution in [3.63, 3.8) is 0 Å². The summed E-state index contributed by atoms with van der Waals surface area (Å²) in [5.74, 6) is -0.0593. The van der Waals surface area contributed by atoms with Gasteiger partial charge < -0.3 is 4.90 Å². The first-order valence-corrected chi connectivity index (χ1v) is 8.00. The molecule has 1 amide bonds. The lowest BCUT2D eigenvalue weighted by molar-refractivity contribution is 0.0791. The average Bonchev–Trinajstić information content (AvgIpc) is 2.97. The standard InChI is InChI=1S/C13H12BrNO2S2/c1-8(16)10-4-5-11(19-10)13(17)15(2)7-9-3-6-12(14)18-9/h3-6H,7H2,1-2H3. The van der Waals surface area contributed by atoms with Gasteiger partial charge in [-0.05, 0) is 47.1 Å². The van der Waals surface area contributed by atoms with Gasteiger partial charge in [0.2, 0.25) is 0 Å². The van der Waals surface area contributed by atoms with E-state index in [9.17, 15) is 9.59 Å². The number of nitrogens with zero attached hydrogens (tertiary/aromatic N) is 1. The van der Waals surface area contributed by atoms with Crippen molar-refractivity contribution < 1.29 is 9.59 Å². The number of rotatable bonds is 4. The number of halogens is 1. The van der Waals surface area contributed by atoms with Crippen LogP contribution in [0.2, 0.25) is 0 Å². The first kappa shape index (κ1) is 14.4. The predicted octanol–water partition coefficient (Wildman–Crippen LogP) is 4.05. The molecule has 0 spiro atoms. The quantitative estimate of drug-likeness (QED) is 0.774. The average molecular weight is 358 g/mol. The minimum Gasteiger partial charge on any atom is -0.336 e. The van der Waals surface area contributed by atoms with Gasteiger partial charge in [-0.15, -0.1) is 22.7 Å². The Labute approximate surface area is 128 Å². The molecule has 0 saturated carbocycles. The maximum absolute atomic E-state index is 12.2. The number of amides is 1. The molecule has 0 aromatic carbocycles. The van der Waals surface area contributed by atoms with Crippen molar-refractivity contribution in [1.82, 2.24) is 4.90 Å². The number of carbonyl (C=O) groups excluding carboxylic acids is 2. The maximum atomic E-state index is 12.2. The highest BCUT2D eigenvalue weighted by Gasteiger charge is 2.16. The highest BCUT2D eigenvalue weighted by atomic mass is 79.9. The van der Waals surface area contributed by atoms with E-state index >= 15 is 0 Å². The summed E-state index contributed by atoms with van der Waals surface area (Å²) >= 11 is 6.26. The van der Waals surface area contributed by atoms with Crippen LogP contribution in [0.1, 0.15) is 31.1 Å². The number of Topliss-reactive ketones (excluding diaryl/α,β-unsaturated/α-hetero) is 1. The van der Waals surface area contributed by atoms with Crippen LogP contribution in [0, 0.1) is 0 Å². The third kappa shape index (κ3) is 3.52. The van der Waals surface area contributed by atoms with E-state index in [2.05, 4.69) is 15.9 Å². The molecule has 2 heterocycles. The van der Waals surface area contributed by atoms with Gasteiger partial charge in [-0.25, -0.2) is 0 Å². The molecule has 3 nitrogen and oxygen atoms in total. The second kappa shape index (κ2) is 5.98. The van der Waals surface area contributed by atoms with E-state index in [0.717, 1.165) is 8.66 Å². The lowest BCUT2D eigenvalue weighted by Gasteiger charge is -2.14. The Bertz CT molecular complexity index is 618. The van der Waals surface area contributed by atoms with E-state index in [1.807, 2.05) is 12.1 Å². The molecule has 0 radical (unpaired) electrons. The Kier molecular flexibility index (Phi) is 4.54. The first-order chi connectivity index (χ1) is 8.97. The molecule has 0 fully saturated rings. The van der Waals surface area contributed by atoms with Crippen LogP contribution in [-0.4, -0.2) is 23.6 Å². The van der Waals surface area contributed by atoms with Crippen LogP contribution in [0.25, 0.3) is 0 Å². The Morgan fingerprint density at radius 1 is 1.16 bits per heavy atom. The molecule has 0 aliphatic carbocycles. The minimum atomic E-state index is -0.0537. The topological polar surface area (TPSA) is 37.4 Å². The zero-order chi connectivity index (χ0) is 14.0. The van der Waals surface area contributed by atoms with Gasteiger partial charge in [0.25, 0.3) is 5.91 Å². The van der Waals surface area contributed by atoms with E-state index < -0.39 is 0 Å². The van der Waals surface area contributed by atoms with Crippen molar-refractivity contribution in [2.24, 2.45) is 0 Å². The molecule has 2 aromatic heterocycles. The molecule has 0 atom stereocenters. The molecule has 19 heavy (non-hydrogen) atoms. The zero-order valence-corrected chi connectivity index (χ0v) is 13.7. The van der Waals surface area contributed by atoms with Crippen molar-refractivity contribution in [2.75, 3.05) is 7.05 Å². The summed E-state index contributed by atoms with van der Waals surface area (Å²) in [6, 6.07) is 7.38. The predicted molar refractivity (Wildman–Crippen MR) is 82.1 cm³/mol. The van der Waals surface area contributed by atoms with Gasteiger partial charge in [-0.1, -0.05) is 0 Å². The van der Waals surface area contributed by atoms with Gasteiger partial charge in [-0.2, -0.15) is 0 Å². The monoisotopic (exact) mass is 357 g/mol.